The Morgan fingerprint density at radius 1 is 1.25 bits per heavy atom. The average molecular weight is 167 g/mol. The number of rotatable bonds is 1. The van der Waals surface area contributed by atoms with Gasteiger partial charge in [-0.15, -0.1) is 0 Å². The molecule has 0 aromatic heterocycles. The van der Waals surface area contributed by atoms with Crippen LogP contribution >= 0.6 is 0 Å². The first-order chi connectivity index (χ1) is 5.68. The van der Waals surface area contributed by atoms with E-state index in [1.165, 1.54) is 0 Å². The molecule has 1 aliphatic carbocycles. The predicted molar refractivity (Wildman–Crippen MR) is 47.9 cm³/mol. The number of hydrogen-bond acceptors (Lipinski definition) is 2. The fourth-order valence-electron chi connectivity index (χ4n) is 2.45. The summed E-state index contributed by atoms with van der Waals surface area (Å²) < 4.78 is 0. The van der Waals surface area contributed by atoms with Crippen molar-refractivity contribution in [3.8, 4) is 0 Å². The van der Waals surface area contributed by atoms with E-state index < -0.39 is 0 Å². The minimum atomic E-state index is 0.381. The lowest BCUT2D eigenvalue weighted by Gasteiger charge is -2.33. The highest BCUT2D eigenvalue weighted by atomic mass is 16.1. The van der Waals surface area contributed by atoms with Crippen molar-refractivity contribution in [3.63, 3.8) is 0 Å². The third-order valence-corrected chi connectivity index (χ3v) is 3.31. The van der Waals surface area contributed by atoms with Crippen LogP contribution in [0.3, 0.4) is 0 Å². The number of likely N-dealkylation sites (tertiary alicyclic amines) is 1. The van der Waals surface area contributed by atoms with Gasteiger partial charge in [0.25, 0.3) is 0 Å². The molecule has 2 bridgehead atoms. The second kappa shape index (κ2) is 2.84. The van der Waals surface area contributed by atoms with Crippen molar-refractivity contribution < 1.29 is 4.79 Å². The lowest BCUT2D eigenvalue weighted by molar-refractivity contribution is -0.128. The summed E-state index contributed by atoms with van der Waals surface area (Å²) in [6.07, 6.45) is 2.29. The van der Waals surface area contributed by atoms with E-state index in [-0.39, 0.29) is 0 Å². The SMILES string of the molecule is CC(C)N1C[C@H]2CC[C@H](C1)C2=O. The standard InChI is InChI=1S/C10H17NO/c1-7(2)11-5-8-3-4-9(6-11)10(8)12/h7-9H,3-6H2,1-2H3/t8-,9-/m1/s1. The Kier molecular flexibility index (Phi) is 1.95. The zero-order valence-corrected chi connectivity index (χ0v) is 7.92. The molecule has 2 nitrogen and oxygen atoms in total. The predicted octanol–water partition coefficient (Wildman–Crippen LogP) is 1.31. The molecule has 2 aliphatic rings. The number of nitrogens with zero attached hydrogens (tertiary/aromatic N) is 1. The summed E-state index contributed by atoms with van der Waals surface area (Å²) in [4.78, 5) is 14.0. The largest absolute Gasteiger partial charge is 0.300 e. The summed E-state index contributed by atoms with van der Waals surface area (Å²) in [5, 5.41) is 0. The van der Waals surface area contributed by atoms with E-state index >= 15 is 0 Å². The third kappa shape index (κ3) is 1.18. The molecule has 0 spiro atoms. The maximum absolute atomic E-state index is 11.5. The van der Waals surface area contributed by atoms with Gasteiger partial charge in [0.2, 0.25) is 0 Å². The van der Waals surface area contributed by atoms with Gasteiger partial charge in [0.1, 0.15) is 5.78 Å². The van der Waals surface area contributed by atoms with Gasteiger partial charge in [-0.05, 0) is 26.7 Å². The molecule has 0 unspecified atom stereocenters. The molecule has 0 amide bonds. The zero-order chi connectivity index (χ0) is 8.72. The van der Waals surface area contributed by atoms with Crippen LogP contribution in [0.2, 0.25) is 0 Å². The Morgan fingerprint density at radius 3 is 2.17 bits per heavy atom. The lowest BCUT2D eigenvalue weighted by atomic mass is 9.96. The Bertz CT molecular complexity index is 184. The molecule has 2 fully saturated rings. The fourth-order valence-corrected chi connectivity index (χ4v) is 2.45. The summed E-state index contributed by atoms with van der Waals surface area (Å²) in [6, 6.07) is 0.612. The highest BCUT2D eigenvalue weighted by Gasteiger charge is 2.40. The van der Waals surface area contributed by atoms with Gasteiger partial charge in [-0.3, -0.25) is 9.69 Å². The van der Waals surface area contributed by atoms with Gasteiger partial charge in [-0.1, -0.05) is 0 Å². The molecule has 0 aromatic rings. The van der Waals surface area contributed by atoms with Crippen LogP contribution in [0.25, 0.3) is 0 Å². The van der Waals surface area contributed by atoms with Crippen molar-refractivity contribution in [2.75, 3.05) is 13.1 Å². The number of piperidine rings is 1. The van der Waals surface area contributed by atoms with Gasteiger partial charge < -0.3 is 0 Å². The molecule has 1 aliphatic heterocycles. The molecule has 0 aromatic carbocycles. The van der Waals surface area contributed by atoms with Gasteiger partial charge in [0, 0.05) is 31.0 Å². The van der Waals surface area contributed by atoms with Crippen LogP contribution in [0.5, 0.6) is 0 Å². The molecule has 2 heteroatoms. The molecule has 1 heterocycles. The van der Waals surface area contributed by atoms with E-state index in [1.807, 2.05) is 0 Å². The van der Waals surface area contributed by atoms with Gasteiger partial charge in [-0.25, -0.2) is 0 Å². The first-order valence-corrected chi connectivity index (χ1v) is 4.96. The summed E-state index contributed by atoms with van der Waals surface area (Å²) in [5.41, 5.74) is 0. The summed E-state index contributed by atoms with van der Waals surface area (Å²) >= 11 is 0. The monoisotopic (exact) mass is 167 g/mol. The second-order valence-corrected chi connectivity index (χ2v) is 4.42. The highest BCUT2D eigenvalue weighted by molar-refractivity contribution is 5.86. The Labute approximate surface area is 73.9 Å². The number of carbonyl (C=O) groups is 1. The van der Waals surface area contributed by atoms with Crippen molar-refractivity contribution in [2.24, 2.45) is 11.8 Å². The van der Waals surface area contributed by atoms with E-state index in [2.05, 4.69) is 18.7 Å². The summed E-state index contributed by atoms with van der Waals surface area (Å²) in [5.74, 6) is 1.31. The first kappa shape index (κ1) is 8.24. The minimum absolute atomic E-state index is 0.381. The molecule has 1 saturated heterocycles. The lowest BCUT2D eigenvalue weighted by Crippen LogP contribution is -2.45. The number of carbonyl (C=O) groups excluding carboxylic acids is 1. The molecule has 2 rings (SSSR count). The van der Waals surface area contributed by atoms with Gasteiger partial charge in [-0.2, -0.15) is 0 Å². The molecule has 12 heavy (non-hydrogen) atoms. The summed E-state index contributed by atoms with van der Waals surface area (Å²) in [7, 11) is 0. The molecular weight excluding hydrogens is 150 g/mol. The van der Waals surface area contributed by atoms with E-state index in [0.717, 1.165) is 25.9 Å². The van der Waals surface area contributed by atoms with Crippen LogP contribution in [-0.4, -0.2) is 29.8 Å². The van der Waals surface area contributed by atoms with Crippen molar-refractivity contribution in [2.45, 2.75) is 32.7 Å². The maximum Gasteiger partial charge on any atom is 0.141 e. The van der Waals surface area contributed by atoms with Gasteiger partial charge in [0.05, 0.1) is 0 Å². The van der Waals surface area contributed by atoms with Crippen molar-refractivity contribution >= 4 is 5.78 Å². The third-order valence-electron chi connectivity index (χ3n) is 3.31. The Balaban J connectivity index is 2.07. The van der Waals surface area contributed by atoms with Crippen molar-refractivity contribution in [3.05, 3.63) is 0 Å². The molecule has 68 valence electrons. The Hall–Kier alpha value is -0.370. The number of fused-ring (bicyclic) bond motifs is 2. The average Bonchev–Trinajstić information content (AvgIpc) is 2.30. The molecule has 0 radical (unpaired) electrons. The van der Waals surface area contributed by atoms with Crippen molar-refractivity contribution in [1.82, 2.24) is 4.90 Å². The zero-order valence-electron chi connectivity index (χ0n) is 7.92. The van der Waals surface area contributed by atoms with Crippen LogP contribution in [0.15, 0.2) is 0 Å². The molecule has 0 N–H and O–H groups in total. The first-order valence-electron chi connectivity index (χ1n) is 4.96. The maximum atomic E-state index is 11.5. The number of ketones is 1. The smallest absolute Gasteiger partial charge is 0.141 e. The van der Waals surface area contributed by atoms with Gasteiger partial charge >= 0.3 is 0 Å². The number of Topliss-reactive ketones (excluding diaryl/α,β-unsaturated/α-hetero) is 1. The van der Waals surface area contributed by atoms with E-state index in [1.54, 1.807) is 0 Å². The summed E-state index contributed by atoms with van der Waals surface area (Å²) in [6.45, 7) is 6.48. The van der Waals surface area contributed by atoms with Crippen LogP contribution in [0.1, 0.15) is 26.7 Å². The van der Waals surface area contributed by atoms with E-state index in [9.17, 15) is 4.79 Å². The molecule has 1 saturated carbocycles. The molecule has 2 atom stereocenters. The van der Waals surface area contributed by atoms with Crippen LogP contribution < -0.4 is 0 Å². The van der Waals surface area contributed by atoms with Gasteiger partial charge in [0.15, 0.2) is 0 Å². The fraction of sp³-hybridized carbons (Fsp3) is 0.900. The topological polar surface area (TPSA) is 20.3 Å². The van der Waals surface area contributed by atoms with Crippen LogP contribution in [0.4, 0.5) is 0 Å². The van der Waals surface area contributed by atoms with Crippen LogP contribution in [0, 0.1) is 11.8 Å². The van der Waals surface area contributed by atoms with E-state index in [0.29, 0.717) is 23.7 Å². The van der Waals surface area contributed by atoms with Crippen molar-refractivity contribution in [1.29, 1.82) is 0 Å². The highest BCUT2D eigenvalue weighted by Crippen LogP contribution is 2.33. The minimum Gasteiger partial charge on any atom is -0.300 e. The van der Waals surface area contributed by atoms with E-state index in [4.69, 9.17) is 0 Å². The normalized spacial score (nSPS) is 36.4. The Morgan fingerprint density at radius 2 is 1.75 bits per heavy atom. The number of hydrogen-bond donors (Lipinski definition) is 0. The quantitative estimate of drug-likeness (QED) is 0.587. The molecular formula is C10H17NO. The second-order valence-electron chi connectivity index (χ2n) is 4.42. The van der Waals surface area contributed by atoms with Crippen LogP contribution in [-0.2, 0) is 4.79 Å².